The highest BCUT2D eigenvalue weighted by Gasteiger charge is 2.05. The summed E-state index contributed by atoms with van der Waals surface area (Å²) in [7, 11) is 1.99. The second-order valence-corrected chi connectivity index (χ2v) is 6.45. The maximum atomic E-state index is 12.3. The summed E-state index contributed by atoms with van der Waals surface area (Å²) in [6.07, 6.45) is 1.99. The van der Waals surface area contributed by atoms with Crippen LogP contribution in [0.1, 0.15) is 12.5 Å². The maximum absolute atomic E-state index is 12.3. The van der Waals surface area contributed by atoms with Crippen LogP contribution in [0.3, 0.4) is 0 Å². The van der Waals surface area contributed by atoms with Gasteiger partial charge in [0.15, 0.2) is 0 Å². The summed E-state index contributed by atoms with van der Waals surface area (Å²) >= 11 is 0. The summed E-state index contributed by atoms with van der Waals surface area (Å²) in [5.74, 6) is -0.101. The zero-order chi connectivity index (χ0) is 20.8. The fraction of sp³-hybridized carbons (Fsp3) is 0.0952. The molecule has 2 amide bonds. The molecule has 0 saturated heterocycles. The van der Waals surface area contributed by atoms with Gasteiger partial charge in [0.2, 0.25) is 5.96 Å². The number of anilines is 2. The van der Waals surface area contributed by atoms with Gasteiger partial charge in [-0.05, 0) is 54.4 Å². The summed E-state index contributed by atoms with van der Waals surface area (Å²) in [6, 6.07) is 18.6. The average molecular weight is 389 g/mol. The monoisotopic (exact) mass is 389 g/mol. The number of carbonyl (C=O) groups is 1. The minimum atomic E-state index is -0.324. The van der Waals surface area contributed by atoms with Crippen LogP contribution < -0.4 is 22.1 Å². The van der Waals surface area contributed by atoms with Crippen LogP contribution in [0.15, 0.2) is 77.1 Å². The van der Waals surface area contributed by atoms with Crippen molar-refractivity contribution in [2.45, 2.75) is 6.92 Å². The van der Waals surface area contributed by atoms with E-state index in [1.807, 2.05) is 66.3 Å². The number of hydrogen-bond donors (Lipinski definition) is 4. The van der Waals surface area contributed by atoms with Gasteiger partial charge >= 0.3 is 6.03 Å². The molecule has 2 aromatic carbocycles. The number of nitrogens with one attached hydrogen (secondary N) is 2. The highest BCUT2D eigenvalue weighted by molar-refractivity contribution is 6.01. The lowest BCUT2D eigenvalue weighted by Crippen LogP contribution is -2.22. The Labute approximate surface area is 168 Å². The molecule has 0 aliphatic heterocycles. The van der Waals surface area contributed by atoms with Crippen LogP contribution in [0.25, 0.3) is 11.3 Å². The topological polar surface area (TPSA) is 123 Å². The molecule has 6 N–H and O–H groups in total. The summed E-state index contributed by atoms with van der Waals surface area (Å²) in [5, 5.41) is 13.2. The summed E-state index contributed by atoms with van der Waals surface area (Å²) in [5.41, 5.74) is 15.6. The minimum absolute atomic E-state index is 0.101. The number of amides is 2. The van der Waals surface area contributed by atoms with Crippen LogP contribution in [0.4, 0.5) is 16.2 Å². The van der Waals surface area contributed by atoms with E-state index < -0.39 is 0 Å². The Bertz CT molecular complexity index is 1040. The Kier molecular flexibility index (Phi) is 5.94. The molecule has 0 fully saturated rings. The standard InChI is InChI=1S/C21H23N7O/c1-14(26-27-20(22)23)15-5-9-17(10-6-15)24-21(29)25-18-11-7-16(8-12-18)19-4-3-13-28(19)2/h3-13H,1-2H3,(H4,22,23,27)(H2,24,25,29)/b26-14+. The van der Waals surface area contributed by atoms with Gasteiger partial charge in [-0.1, -0.05) is 24.3 Å². The van der Waals surface area contributed by atoms with Crippen LogP contribution >= 0.6 is 0 Å². The number of aromatic nitrogens is 1. The lowest BCUT2D eigenvalue weighted by Gasteiger charge is -2.09. The molecule has 3 aromatic rings. The average Bonchev–Trinajstić information content (AvgIpc) is 3.13. The van der Waals surface area contributed by atoms with E-state index in [1.165, 1.54) is 0 Å². The summed E-state index contributed by atoms with van der Waals surface area (Å²) in [6.45, 7) is 1.79. The molecule has 0 unspecified atom stereocenters. The van der Waals surface area contributed by atoms with Crippen molar-refractivity contribution >= 4 is 29.1 Å². The van der Waals surface area contributed by atoms with Crippen molar-refractivity contribution in [2.24, 2.45) is 28.7 Å². The second-order valence-electron chi connectivity index (χ2n) is 6.45. The Balaban J connectivity index is 1.60. The normalized spacial score (nSPS) is 11.0. The molecular formula is C21H23N7O. The second kappa shape index (κ2) is 8.75. The first kappa shape index (κ1) is 19.7. The zero-order valence-corrected chi connectivity index (χ0v) is 16.3. The van der Waals surface area contributed by atoms with Crippen molar-refractivity contribution in [3.63, 3.8) is 0 Å². The molecule has 0 bridgehead atoms. The molecule has 1 heterocycles. The van der Waals surface area contributed by atoms with Crippen molar-refractivity contribution in [2.75, 3.05) is 10.6 Å². The number of carbonyl (C=O) groups excluding carboxylic acids is 1. The fourth-order valence-electron chi connectivity index (χ4n) is 2.76. The first-order chi connectivity index (χ1) is 13.9. The predicted molar refractivity (Wildman–Crippen MR) is 118 cm³/mol. The van der Waals surface area contributed by atoms with E-state index in [0.717, 1.165) is 16.8 Å². The first-order valence-corrected chi connectivity index (χ1v) is 8.96. The van der Waals surface area contributed by atoms with Crippen LogP contribution in [-0.2, 0) is 7.05 Å². The van der Waals surface area contributed by atoms with Crippen molar-refractivity contribution in [1.29, 1.82) is 0 Å². The molecule has 8 nitrogen and oxygen atoms in total. The lowest BCUT2D eigenvalue weighted by atomic mass is 10.1. The number of benzene rings is 2. The number of guanidine groups is 1. The van der Waals surface area contributed by atoms with E-state index in [4.69, 9.17) is 11.5 Å². The number of rotatable bonds is 5. The van der Waals surface area contributed by atoms with E-state index in [9.17, 15) is 4.79 Å². The van der Waals surface area contributed by atoms with Gasteiger partial charge in [-0.3, -0.25) is 0 Å². The number of aryl methyl sites for hydroxylation is 1. The summed E-state index contributed by atoms with van der Waals surface area (Å²) in [4.78, 5) is 12.3. The maximum Gasteiger partial charge on any atom is 0.323 e. The molecule has 3 rings (SSSR count). The number of urea groups is 1. The number of hydrogen-bond acceptors (Lipinski definition) is 3. The van der Waals surface area contributed by atoms with E-state index in [2.05, 4.69) is 20.8 Å². The third kappa shape index (κ3) is 5.23. The molecule has 0 saturated carbocycles. The van der Waals surface area contributed by atoms with Gasteiger partial charge in [-0.25, -0.2) is 4.79 Å². The lowest BCUT2D eigenvalue weighted by molar-refractivity contribution is 0.262. The molecule has 148 valence electrons. The Morgan fingerprint density at radius 2 is 1.48 bits per heavy atom. The van der Waals surface area contributed by atoms with E-state index in [1.54, 1.807) is 19.1 Å². The van der Waals surface area contributed by atoms with Crippen molar-refractivity contribution in [3.8, 4) is 11.3 Å². The number of nitrogens with two attached hydrogens (primary N) is 2. The van der Waals surface area contributed by atoms with Gasteiger partial charge in [0, 0.05) is 30.3 Å². The first-order valence-electron chi connectivity index (χ1n) is 8.96. The van der Waals surface area contributed by atoms with Gasteiger partial charge in [-0.2, -0.15) is 5.10 Å². The quantitative estimate of drug-likeness (QED) is 0.304. The van der Waals surface area contributed by atoms with Crippen LogP contribution in [0, 0.1) is 0 Å². The highest BCUT2D eigenvalue weighted by Crippen LogP contribution is 2.21. The van der Waals surface area contributed by atoms with Gasteiger partial charge in [0.05, 0.1) is 5.71 Å². The van der Waals surface area contributed by atoms with E-state index in [-0.39, 0.29) is 12.0 Å². The zero-order valence-electron chi connectivity index (χ0n) is 16.3. The van der Waals surface area contributed by atoms with Gasteiger partial charge in [0.1, 0.15) is 0 Å². The largest absolute Gasteiger partial charge is 0.369 e. The predicted octanol–water partition coefficient (Wildman–Crippen LogP) is 3.33. The fourth-order valence-corrected chi connectivity index (χ4v) is 2.76. The Hall–Kier alpha value is -4.07. The molecule has 29 heavy (non-hydrogen) atoms. The third-order valence-corrected chi connectivity index (χ3v) is 4.26. The van der Waals surface area contributed by atoms with Gasteiger partial charge in [-0.15, -0.1) is 5.10 Å². The molecule has 0 spiro atoms. The van der Waals surface area contributed by atoms with Crippen LogP contribution in [0.2, 0.25) is 0 Å². The number of nitrogens with zero attached hydrogens (tertiary/aromatic N) is 3. The Morgan fingerprint density at radius 1 is 0.897 bits per heavy atom. The van der Waals surface area contributed by atoms with Crippen LogP contribution in [0.5, 0.6) is 0 Å². The molecule has 0 atom stereocenters. The molecule has 1 aromatic heterocycles. The van der Waals surface area contributed by atoms with Crippen molar-refractivity contribution in [3.05, 3.63) is 72.4 Å². The van der Waals surface area contributed by atoms with Gasteiger partial charge in [0.25, 0.3) is 0 Å². The third-order valence-electron chi connectivity index (χ3n) is 4.26. The van der Waals surface area contributed by atoms with Gasteiger partial charge < -0.3 is 26.7 Å². The van der Waals surface area contributed by atoms with E-state index in [0.29, 0.717) is 17.1 Å². The van der Waals surface area contributed by atoms with E-state index >= 15 is 0 Å². The molecule has 0 aliphatic rings. The molecule has 8 heteroatoms. The molecule has 0 aliphatic carbocycles. The summed E-state index contributed by atoms with van der Waals surface area (Å²) < 4.78 is 2.04. The highest BCUT2D eigenvalue weighted by atomic mass is 16.2. The minimum Gasteiger partial charge on any atom is -0.369 e. The van der Waals surface area contributed by atoms with Crippen molar-refractivity contribution in [1.82, 2.24) is 4.57 Å². The Morgan fingerprint density at radius 3 is 2.00 bits per heavy atom. The smallest absolute Gasteiger partial charge is 0.323 e. The SMILES string of the molecule is C/C(=N\N=C(N)N)c1ccc(NC(=O)Nc2ccc(-c3cccn3C)cc2)cc1. The van der Waals surface area contributed by atoms with Crippen molar-refractivity contribution < 1.29 is 4.79 Å². The van der Waals surface area contributed by atoms with Crippen LogP contribution in [-0.4, -0.2) is 22.3 Å². The molecule has 0 radical (unpaired) electrons. The molecular weight excluding hydrogens is 366 g/mol.